The van der Waals surface area contributed by atoms with E-state index in [0.717, 1.165) is 16.7 Å². The first-order valence-electron chi connectivity index (χ1n) is 11.6. The smallest absolute Gasteiger partial charge is 0.278 e. The minimum absolute atomic E-state index is 0.256. The predicted molar refractivity (Wildman–Crippen MR) is 139 cm³/mol. The fourth-order valence-electron chi connectivity index (χ4n) is 3.83. The first kappa shape index (κ1) is 23.8. The lowest BCUT2D eigenvalue weighted by Gasteiger charge is -2.10. The summed E-state index contributed by atoms with van der Waals surface area (Å²) in [5.74, 6) is 1.73. The van der Waals surface area contributed by atoms with Crippen LogP contribution in [-0.4, -0.2) is 39.8 Å². The maximum atomic E-state index is 12.7. The Balaban J connectivity index is 1.23. The van der Waals surface area contributed by atoms with Crippen LogP contribution in [0.2, 0.25) is 0 Å². The van der Waals surface area contributed by atoms with Gasteiger partial charge in [0.15, 0.2) is 0 Å². The van der Waals surface area contributed by atoms with Crippen molar-refractivity contribution in [2.45, 2.75) is 13.5 Å². The standard InChI is InChI=1S/C28H25N5O4/c1-18-5-4-6-20(11-18)26-31-28(37-32-26)25-16-33(17-29-25)15-19-7-9-22(10-8-19)30-27(34)21-12-23(35-2)14-24(13-21)36-3/h4-14,16-17H,15H2,1-3H3,(H,30,34). The summed E-state index contributed by atoms with van der Waals surface area (Å²) in [7, 11) is 3.09. The summed E-state index contributed by atoms with van der Waals surface area (Å²) in [5, 5.41) is 6.99. The van der Waals surface area contributed by atoms with Crippen molar-refractivity contribution in [2.75, 3.05) is 19.5 Å². The van der Waals surface area contributed by atoms with Gasteiger partial charge in [-0.15, -0.1) is 0 Å². The summed E-state index contributed by atoms with van der Waals surface area (Å²) in [5.41, 5.74) is 4.78. The van der Waals surface area contributed by atoms with Gasteiger partial charge in [-0.1, -0.05) is 41.1 Å². The first-order chi connectivity index (χ1) is 18.0. The summed E-state index contributed by atoms with van der Waals surface area (Å²) in [6.45, 7) is 2.61. The third-order valence-corrected chi connectivity index (χ3v) is 5.75. The molecule has 0 unspecified atom stereocenters. The second-order valence-electron chi connectivity index (χ2n) is 8.48. The molecule has 3 aromatic carbocycles. The average Bonchev–Trinajstić information content (AvgIpc) is 3.59. The Bertz CT molecular complexity index is 1520. The van der Waals surface area contributed by atoms with Crippen LogP contribution in [0.3, 0.4) is 0 Å². The molecule has 0 radical (unpaired) electrons. The van der Waals surface area contributed by atoms with Gasteiger partial charge in [-0.3, -0.25) is 4.79 Å². The van der Waals surface area contributed by atoms with E-state index in [4.69, 9.17) is 14.0 Å². The highest BCUT2D eigenvalue weighted by molar-refractivity contribution is 6.04. The number of carbonyl (C=O) groups excluding carboxylic acids is 1. The van der Waals surface area contributed by atoms with Gasteiger partial charge in [-0.2, -0.15) is 4.98 Å². The molecule has 0 aliphatic carbocycles. The molecule has 37 heavy (non-hydrogen) atoms. The molecule has 0 aliphatic heterocycles. The predicted octanol–water partition coefficient (Wildman–Crippen LogP) is 5.23. The first-order valence-corrected chi connectivity index (χ1v) is 11.6. The molecule has 9 heteroatoms. The van der Waals surface area contributed by atoms with Gasteiger partial charge in [-0.05, 0) is 42.8 Å². The number of ether oxygens (including phenoxy) is 2. The Morgan fingerprint density at radius 1 is 1.00 bits per heavy atom. The molecule has 0 spiro atoms. The second-order valence-corrected chi connectivity index (χ2v) is 8.48. The summed E-state index contributed by atoms with van der Waals surface area (Å²) in [6, 6.07) is 20.6. The number of hydrogen-bond donors (Lipinski definition) is 1. The molecule has 186 valence electrons. The van der Waals surface area contributed by atoms with Gasteiger partial charge in [0.2, 0.25) is 5.82 Å². The van der Waals surface area contributed by atoms with Crippen molar-refractivity contribution in [1.29, 1.82) is 0 Å². The molecule has 2 aromatic heterocycles. The largest absolute Gasteiger partial charge is 0.497 e. The quantitative estimate of drug-likeness (QED) is 0.314. The normalized spacial score (nSPS) is 10.8. The number of aryl methyl sites for hydroxylation is 1. The maximum absolute atomic E-state index is 12.7. The van der Waals surface area contributed by atoms with Crippen LogP contribution in [0.25, 0.3) is 23.0 Å². The number of anilines is 1. The van der Waals surface area contributed by atoms with Crippen LogP contribution >= 0.6 is 0 Å². The van der Waals surface area contributed by atoms with E-state index in [0.29, 0.717) is 46.7 Å². The highest BCUT2D eigenvalue weighted by atomic mass is 16.5. The molecule has 2 heterocycles. The van der Waals surface area contributed by atoms with E-state index in [2.05, 4.69) is 20.4 Å². The number of benzene rings is 3. The summed E-state index contributed by atoms with van der Waals surface area (Å²) in [4.78, 5) is 21.6. The van der Waals surface area contributed by atoms with Crippen molar-refractivity contribution in [3.63, 3.8) is 0 Å². The molecule has 0 aliphatic rings. The summed E-state index contributed by atoms with van der Waals surface area (Å²) < 4.78 is 17.9. The van der Waals surface area contributed by atoms with E-state index < -0.39 is 0 Å². The minimum Gasteiger partial charge on any atom is -0.497 e. The number of rotatable bonds is 8. The van der Waals surface area contributed by atoms with Crippen LogP contribution in [0.1, 0.15) is 21.5 Å². The molecular weight excluding hydrogens is 470 g/mol. The van der Waals surface area contributed by atoms with Gasteiger partial charge >= 0.3 is 0 Å². The van der Waals surface area contributed by atoms with E-state index in [-0.39, 0.29) is 5.91 Å². The minimum atomic E-state index is -0.256. The Kier molecular flexibility index (Phi) is 6.67. The van der Waals surface area contributed by atoms with Gasteiger partial charge < -0.3 is 23.9 Å². The van der Waals surface area contributed by atoms with Crippen LogP contribution < -0.4 is 14.8 Å². The van der Waals surface area contributed by atoms with Crippen LogP contribution in [0.4, 0.5) is 5.69 Å². The molecule has 0 bridgehead atoms. The second kappa shape index (κ2) is 10.4. The molecule has 0 saturated heterocycles. The number of aromatic nitrogens is 4. The highest BCUT2D eigenvalue weighted by Crippen LogP contribution is 2.24. The van der Waals surface area contributed by atoms with Crippen molar-refractivity contribution in [1.82, 2.24) is 19.7 Å². The highest BCUT2D eigenvalue weighted by Gasteiger charge is 2.14. The Morgan fingerprint density at radius 3 is 2.46 bits per heavy atom. The molecule has 5 rings (SSSR count). The van der Waals surface area contributed by atoms with Crippen molar-refractivity contribution in [3.05, 3.63) is 95.9 Å². The number of nitrogens with one attached hydrogen (secondary N) is 1. The van der Waals surface area contributed by atoms with E-state index >= 15 is 0 Å². The maximum Gasteiger partial charge on any atom is 0.278 e. The Morgan fingerprint density at radius 2 is 1.76 bits per heavy atom. The lowest BCUT2D eigenvalue weighted by molar-refractivity contribution is 0.102. The molecule has 9 nitrogen and oxygen atoms in total. The lowest BCUT2D eigenvalue weighted by atomic mass is 10.1. The van der Waals surface area contributed by atoms with E-state index in [1.54, 1.807) is 38.7 Å². The van der Waals surface area contributed by atoms with E-state index in [1.807, 2.05) is 66.2 Å². The van der Waals surface area contributed by atoms with Crippen molar-refractivity contribution in [2.24, 2.45) is 0 Å². The topological polar surface area (TPSA) is 104 Å². The summed E-state index contributed by atoms with van der Waals surface area (Å²) in [6.07, 6.45) is 3.58. The number of carbonyl (C=O) groups is 1. The molecular formula is C28H25N5O4. The van der Waals surface area contributed by atoms with E-state index in [1.165, 1.54) is 0 Å². The average molecular weight is 496 g/mol. The van der Waals surface area contributed by atoms with Crippen molar-refractivity contribution < 1.29 is 18.8 Å². The number of hydrogen-bond acceptors (Lipinski definition) is 7. The van der Waals surface area contributed by atoms with Crippen molar-refractivity contribution >= 4 is 11.6 Å². The fraction of sp³-hybridized carbons (Fsp3) is 0.143. The Hall–Kier alpha value is -4.92. The fourth-order valence-corrected chi connectivity index (χ4v) is 3.83. The van der Waals surface area contributed by atoms with Gasteiger partial charge in [0, 0.05) is 35.6 Å². The van der Waals surface area contributed by atoms with Gasteiger partial charge in [-0.25, -0.2) is 4.98 Å². The molecule has 0 atom stereocenters. The zero-order chi connectivity index (χ0) is 25.8. The SMILES string of the molecule is COc1cc(OC)cc(C(=O)Nc2ccc(Cn3cnc(-c4nc(-c5cccc(C)c5)no4)c3)cc2)c1. The van der Waals surface area contributed by atoms with Crippen molar-refractivity contribution in [3.8, 4) is 34.5 Å². The Labute approximate surface area is 213 Å². The molecule has 5 aromatic rings. The third-order valence-electron chi connectivity index (χ3n) is 5.75. The molecule has 0 saturated carbocycles. The zero-order valence-electron chi connectivity index (χ0n) is 20.6. The van der Waals surface area contributed by atoms with Crippen LogP contribution in [0.5, 0.6) is 11.5 Å². The molecule has 1 amide bonds. The van der Waals surface area contributed by atoms with Gasteiger partial charge in [0.1, 0.15) is 17.2 Å². The lowest BCUT2D eigenvalue weighted by Crippen LogP contribution is -2.12. The number of amides is 1. The monoisotopic (exact) mass is 495 g/mol. The third kappa shape index (κ3) is 5.51. The van der Waals surface area contributed by atoms with Gasteiger partial charge in [0.05, 0.1) is 20.5 Å². The van der Waals surface area contributed by atoms with Gasteiger partial charge in [0.25, 0.3) is 11.8 Å². The number of imidazole rings is 1. The zero-order valence-corrected chi connectivity index (χ0v) is 20.6. The molecule has 1 N–H and O–H groups in total. The van der Waals surface area contributed by atoms with Crippen LogP contribution in [0.15, 0.2) is 83.8 Å². The van der Waals surface area contributed by atoms with Crippen LogP contribution in [-0.2, 0) is 6.54 Å². The van der Waals surface area contributed by atoms with Crippen LogP contribution in [0, 0.1) is 6.92 Å². The number of methoxy groups -OCH3 is 2. The number of nitrogens with zero attached hydrogens (tertiary/aromatic N) is 4. The summed E-state index contributed by atoms with van der Waals surface area (Å²) >= 11 is 0. The van der Waals surface area contributed by atoms with E-state index in [9.17, 15) is 4.79 Å². The molecule has 0 fully saturated rings.